The maximum Gasteiger partial charge on any atom is 0.314 e. The van der Waals surface area contributed by atoms with Crippen molar-refractivity contribution in [2.45, 2.75) is 25.7 Å². The molecule has 0 heterocycles. The van der Waals surface area contributed by atoms with Crippen LogP contribution in [0, 0.1) is 0 Å². The van der Waals surface area contributed by atoms with Crippen LogP contribution in [0.5, 0.6) is 0 Å². The molecule has 0 amide bonds. The second-order valence-electron chi connectivity index (χ2n) is 4.07. The molecule has 0 saturated heterocycles. The van der Waals surface area contributed by atoms with Crippen LogP contribution in [-0.2, 0) is 14.3 Å². The molecule has 1 unspecified atom stereocenters. The summed E-state index contributed by atoms with van der Waals surface area (Å²) >= 11 is 0. The first-order valence-electron chi connectivity index (χ1n) is 6.23. The van der Waals surface area contributed by atoms with E-state index in [9.17, 15) is 9.59 Å². The fourth-order valence-corrected chi connectivity index (χ4v) is 1.58. The number of hydrogen-bond donors (Lipinski definition) is 1. The molecule has 102 valence electrons. The Kier molecular flexibility index (Phi) is 6.36. The van der Waals surface area contributed by atoms with E-state index in [0.29, 0.717) is 5.56 Å². The Balaban J connectivity index is 2.54. The number of ether oxygens (including phenoxy) is 1. The molecular weight excluding hydrogens is 244 g/mol. The summed E-state index contributed by atoms with van der Waals surface area (Å²) in [5.74, 6) is -2.23. The fraction of sp³-hybridized carbons (Fsp3) is 0.333. The molecule has 0 fully saturated rings. The van der Waals surface area contributed by atoms with E-state index in [4.69, 9.17) is 9.84 Å². The van der Waals surface area contributed by atoms with E-state index >= 15 is 0 Å². The Morgan fingerprint density at radius 2 is 1.95 bits per heavy atom. The highest BCUT2D eigenvalue weighted by Gasteiger charge is 2.21. The van der Waals surface area contributed by atoms with Crippen LogP contribution in [-0.4, -0.2) is 23.7 Å². The van der Waals surface area contributed by atoms with Gasteiger partial charge in [-0.15, -0.1) is 0 Å². The molecule has 0 spiro atoms. The van der Waals surface area contributed by atoms with Crippen molar-refractivity contribution in [1.29, 1.82) is 0 Å². The molecule has 1 rings (SSSR count). The SMILES string of the molecule is CC/C=C/CC(=O)OCC(C(=O)O)c1ccccc1. The van der Waals surface area contributed by atoms with Crippen molar-refractivity contribution in [3.63, 3.8) is 0 Å². The van der Waals surface area contributed by atoms with Gasteiger partial charge in [0.1, 0.15) is 12.5 Å². The van der Waals surface area contributed by atoms with Crippen LogP contribution in [0.25, 0.3) is 0 Å². The van der Waals surface area contributed by atoms with Gasteiger partial charge in [-0.1, -0.05) is 49.4 Å². The van der Waals surface area contributed by atoms with Crippen LogP contribution in [0.3, 0.4) is 0 Å². The van der Waals surface area contributed by atoms with Crippen molar-refractivity contribution in [3.05, 3.63) is 48.0 Å². The number of benzene rings is 1. The minimum Gasteiger partial charge on any atom is -0.481 e. The van der Waals surface area contributed by atoms with Gasteiger partial charge >= 0.3 is 11.9 Å². The number of esters is 1. The quantitative estimate of drug-likeness (QED) is 0.606. The van der Waals surface area contributed by atoms with Gasteiger partial charge in [0.05, 0.1) is 6.42 Å². The Morgan fingerprint density at radius 3 is 2.53 bits per heavy atom. The van der Waals surface area contributed by atoms with Crippen LogP contribution in [0.2, 0.25) is 0 Å². The number of aliphatic carboxylic acids is 1. The summed E-state index contributed by atoms with van der Waals surface area (Å²) in [5, 5.41) is 9.15. The first-order valence-corrected chi connectivity index (χ1v) is 6.23. The lowest BCUT2D eigenvalue weighted by Crippen LogP contribution is -2.19. The monoisotopic (exact) mass is 262 g/mol. The lowest BCUT2D eigenvalue weighted by atomic mass is 10.0. The van der Waals surface area contributed by atoms with Crippen molar-refractivity contribution in [2.75, 3.05) is 6.61 Å². The third kappa shape index (κ3) is 5.38. The molecule has 1 atom stereocenters. The normalized spacial score (nSPS) is 12.3. The second-order valence-corrected chi connectivity index (χ2v) is 4.07. The third-order valence-corrected chi connectivity index (χ3v) is 2.60. The van der Waals surface area contributed by atoms with E-state index in [1.165, 1.54) is 0 Å². The fourth-order valence-electron chi connectivity index (χ4n) is 1.58. The summed E-state index contributed by atoms with van der Waals surface area (Å²) < 4.78 is 5.00. The number of rotatable bonds is 7. The Morgan fingerprint density at radius 1 is 1.26 bits per heavy atom. The van der Waals surface area contributed by atoms with E-state index in [1.54, 1.807) is 30.3 Å². The van der Waals surface area contributed by atoms with Crippen molar-refractivity contribution >= 4 is 11.9 Å². The van der Waals surface area contributed by atoms with Gasteiger partial charge in [0.2, 0.25) is 0 Å². The lowest BCUT2D eigenvalue weighted by Gasteiger charge is -2.12. The number of carboxylic acids is 1. The predicted molar refractivity (Wildman–Crippen MR) is 71.8 cm³/mol. The third-order valence-electron chi connectivity index (χ3n) is 2.60. The van der Waals surface area contributed by atoms with Gasteiger partial charge in [-0.3, -0.25) is 9.59 Å². The molecular formula is C15H18O4. The lowest BCUT2D eigenvalue weighted by molar-refractivity contribution is -0.147. The smallest absolute Gasteiger partial charge is 0.314 e. The number of carboxylic acid groups (broad SMARTS) is 1. The number of carbonyl (C=O) groups is 2. The van der Waals surface area contributed by atoms with Gasteiger partial charge in [0, 0.05) is 0 Å². The highest BCUT2D eigenvalue weighted by Crippen LogP contribution is 2.16. The van der Waals surface area contributed by atoms with Crippen LogP contribution in [0.1, 0.15) is 31.2 Å². The maximum atomic E-state index is 11.4. The average Bonchev–Trinajstić information content (AvgIpc) is 2.40. The molecule has 0 saturated carbocycles. The molecule has 4 heteroatoms. The van der Waals surface area contributed by atoms with Gasteiger partial charge in [0.15, 0.2) is 0 Å². The Labute approximate surface area is 112 Å². The highest BCUT2D eigenvalue weighted by atomic mass is 16.5. The summed E-state index contributed by atoms with van der Waals surface area (Å²) in [5.41, 5.74) is 0.631. The molecule has 0 aliphatic carbocycles. The van der Waals surface area contributed by atoms with E-state index in [0.717, 1.165) is 6.42 Å². The van der Waals surface area contributed by atoms with E-state index in [2.05, 4.69) is 0 Å². The molecule has 1 aromatic rings. The summed E-state index contributed by atoms with van der Waals surface area (Å²) in [4.78, 5) is 22.6. The summed E-state index contributed by atoms with van der Waals surface area (Å²) in [6.45, 7) is 1.83. The van der Waals surface area contributed by atoms with Gasteiger partial charge in [-0.25, -0.2) is 0 Å². The molecule has 0 aromatic heterocycles. The van der Waals surface area contributed by atoms with Crippen molar-refractivity contribution in [3.8, 4) is 0 Å². The molecule has 1 N–H and O–H groups in total. The topological polar surface area (TPSA) is 63.6 Å². The molecule has 0 bridgehead atoms. The zero-order chi connectivity index (χ0) is 14.1. The summed E-state index contributed by atoms with van der Waals surface area (Å²) in [6, 6.07) is 8.76. The molecule has 0 aliphatic rings. The van der Waals surface area contributed by atoms with Crippen molar-refractivity contribution in [2.24, 2.45) is 0 Å². The van der Waals surface area contributed by atoms with E-state index < -0.39 is 17.9 Å². The van der Waals surface area contributed by atoms with Gasteiger partial charge in [0.25, 0.3) is 0 Å². The predicted octanol–water partition coefficient (Wildman–Crippen LogP) is 2.75. The molecule has 4 nitrogen and oxygen atoms in total. The second kappa shape index (κ2) is 8.08. The van der Waals surface area contributed by atoms with Gasteiger partial charge in [-0.2, -0.15) is 0 Å². The zero-order valence-electron chi connectivity index (χ0n) is 10.9. The Hall–Kier alpha value is -2.10. The van der Waals surface area contributed by atoms with Crippen LogP contribution < -0.4 is 0 Å². The minimum atomic E-state index is -0.997. The zero-order valence-corrected chi connectivity index (χ0v) is 10.9. The van der Waals surface area contributed by atoms with Crippen LogP contribution in [0.4, 0.5) is 0 Å². The molecule has 0 aliphatic heterocycles. The number of carbonyl (C=O) groups excluding carboxylic acids is 1. The molecule has 1 aromatic carbocycles. The van der Waals surface area contributed by atoms with Gasteiger partial charge in [-0.05, 0) is 12.0 Å². The van der Waals surface area contributed by atoms with Crippen LogP contribution in [0.15, 0.2) is 42.5 Å². The first-order chi connectivity index (χ1) is 9.15. The maximum absolute atomic E-state index is 11.4. The first kappa shape index (κ1) is 15.0. The average molecular weight is 262 g/mol. The van der Waals surface area contributed by atoms with Crippen LogP contribution >= 0.6 is 0 Å². The van der Waals surface area contributed by atoms with E-state index in [1.807, 2.05) is 19.1 Å². The Bertz CT molecular complexity index is 437. The largest absolute Gasteiger partial charge is 0.481 e. The molecule has 19 heavy (non-hydrogen) atoms. The van der Waals surface area contributed by atoms with Crippen molar-refractivity contribution < 1.29 is 19.4 Å². The highest BCUT2D eigenvalue weighted by molar-refractivity contribution is 5.77. The summed E-state index contributed by atoms with van der Waals surface area (Å²) in [6.07, 6.45) is 4.62. The number of allylic oxidation sites excluding steroid dienone is 1. The minimum absolute atomic E-state index is 0.141. The van der Waals surface area contributed by atoms with Crippen molar-refractivity contribution in [1.82, 2.24) is 0 Å². The van der Waals surface area contributed by atoms with Gasteiger partial charge < -0.3 is 9.84 Å². The standard InChI is InChI=1S/C15H18O4/c1-2-3-5-10-14(16)19-11-13(15(17)18)12-8-6-4-7-9-12/h3-9,13H,2,10-11H2,1H3,(H,17,18)/b5-3+. The summed E-state index contributed by atoms with van der Waals surface area (Å²) in [7, 11) is 0. The number of hydrogen-bond acceptors (Lipinski definition) is 3. The molecule has 0 radical (unpaired) electrons. The van der Waals surface area contributed by atoms with E-state index in [-0.39, 0.29) is 13.0 Å².